The first-order valence-electron chi connectivity index (χ1n) is 9.25. The van der Waals surface area contributed by atoms with Gasteiger partial charge in [-0.1, -0.05) is 24.3 Å². The van der Waals surface area contributed by atoms with E-state index in [-0.39, 0.29) is 0 Å². The third-order valence-electron chi connectivity index (χ3n) is 3.95. The number of nitrogens with one attached hydrogen (secondary N) is 2. The number of rotatable bonds is 7. The van der Waals surface area contributed by atoms with Gasteiger partial charge in [0.2, 0.25) is 12.2 Å². The predicted octanol–water partition coefficient (Wildman–Crippen LogP) is 2.74. The van der Waals surface area contributed by atoms with Crippen LogP contribution in [-0.4, -0.2) is 36.0 Å². The Morgan fingerprint density at radius 2 is 1.07 bits per heavy atom. The zero-order chi connectivity index (χ0) is 22.3. The molecule has 8 nitrogen and oxygen atoms in total. The van der Waals surface area contributed by atoms with E-state index in [0.717, 1.165) is 25.0 Å². The maximum Gasteiger partial charge on any atom is 0.303 e. The van der Waals surface area contributed by atoms with Crippen LogP contribution in [0.4, 0.5) is 11.4 Å². The molecule has 2 N–H and O–H groups in total. The first-order valence-corrected chi connectivity index (χ1v) is 9.25. The molecule has 0 bridgehead atoms. The average molecular weight is 412 g/mol. The Hall–Kier alpha value is -3.68. The van der Waals surface area contributed by atoms with Crippen molar-refractivity contribution in [3.05, 3.63) is 59.7 Å². The fraction of sp³-hybridized carbons (Fsp3) is 0.273. The van der Waals surface area contributed by atoms with Gasteiger partial charge in [0, 0.05) is 25.2 Å². The number of carbonyl (C=O) groups is 4. The molecule has 0 unspecified atom stereocenters. The summed E-state index contributed by atoms with van der Waals surface area (Å²) in [7, 11) is 0. The van der Waals surface area contributed by atoms with Crippen LogP contribution in [0, 0.1) is 13.8 Å². The number of ether oxygens (including phenoxy) is 2. The van der Waals surface area contributed by atoms with Gasteiger partial charge in [0.15, 0.2) is 0 Å². The van der Waals surface area contributed by atoms with E-state index in [1.807, 2.05) is 26.0 Å². The summed E-state index contributed by atoms with van der Waals surface area (Å²) in [5, 5.41) is 5.16. The molecule has 2 amide bonds. The number of hydrogen-bond donors (Lipinski definition) is 2. The SMILES string of the molecule is CC(=O)O[C@H](C(=O)Nc1cccc(C)c1)[C@@H](OC(C)=O)C(=O)Nc1cccc(C)c1. The molecule has 0 aromatic heterocycles. The van der Waals surface area contributed by atoms with E-state index in [0.29, 0.717) is 11.4 Å². The number of esters is 2. The molecular formula is C22H24N2O6. The van der Waals surface area contributed by atoms with Crippen molar-refractivity contribution in [2.24, 2.45) is 0 Å². The standard InChI is InChI=1S/C22H24N2O6/c1-13-7-5-9-17(11-13)23-21(27)19(29-15(3)25)20(30-16(4)26)22(28)24-18-10-6-8-14(2)12-18/h5-12,19-20H,1-4H3,(H,23,27)(H,24,28)/t19-,20+. The number of carbonyl (C=O) groups excluding carboxylic acids is 4. The summed E-state index contributed by atoms with van der Waals surface area (Å²) < 4.78 is 10.1. The van der Waals surface area contributed by atoms with E-state index in [2.05, 4.69) is 10.6 Å². The quantitative estimate of drug-likeness (QED) is 0.677. The summed E-state index contributed by atoms with van der Waals surface area (Å²) in [6.07, 6.45) is -3.37. The van der Waals surface area contributed by atoms with Gasteiger partial charge in [0.05, 0.1) is 0 Å². The van der Waals surface area contributed by atoms with Gasteiger partial charge in [-0.3, -0.25) is 19.2 Å². The fourth-order valence-electron chi connectivity index (χ4n) is 2.74. The predicted molar refractivity (Wildman–Crippen MR) is 111 cm³/mol. The molecule has 0 heterocycles. The lowest BCUT2D eigenvalue weighted by atomic mass is 10.1. The molecule has 2 rings (SSSR count). The Morgan fingerprint density at radius 3 is 1.37 bits per heavy atom. The molecule has 0 saturated heterocycles. The van der Waals surface area contributed by atoms with Crippen LogP contribution in [0.5, 0.6) is 0 Å². The van der Waals surface area contributed by atoms with Crippen molar-refractivity contribution in [1.82, 2.24) is 0 Å². The smallest absolute Gasteiger partial charge is 0.303 e. The number of aryl methyl sites for hydroxylation is 2. The highest BCUT2D eigenvalue weighted by Crippen LogP contribution is 2.16. The third-order valence-corrected chi connectivity index (χ3v) is 3.95. The van der Waals surface area contributed by atoms with Crippen LogP contribution < -0.4 is 10.6 Å². The van der Waals surface area contributed by atoms with E-state index in [9.17, 15) is 19.2 Å². The summed E-state index contributed by atoms with van der Waals surface area (Å²) in [4.78, 5) is 48.9. The van der Waals surface area contributed by atoms with Crippen LogP contribution in [0.3, 0.4) is 0 Å². The molecule has 30 heavy (non-hydrogen) atoms. The van der Waals surface area contributed by atoms with Crippen LogP contribution in [0.25, 0.3) is 0 Å². The van der Waals surface area contributed by atoms with Gasteiger partial charge in [-0.2, -0.15) is 0 Å². The Balaban J connectivity index is 2.30. The molecule has 2 aromatic carbocycles. The van der Waals surface area contributed by atoms with E-state index >= 15 is 0 Å². The highest BCUT2D eigenvalue weighted by Gasteiger charge is 2.39. The minimum absolute atomic E-state index is 0.442. The first kappa shape index (κ1) is 22.6. The molecule has 0 spiro atoms. The van der Waals surface area contributed by atoms with Crippen molar-refractivity contribution in [2.45, 2.75) is 39.9 Å². The number of amides is 2. The summed E-state index contributed by atoms with van der Waals surface area (Å²) >= 11 is 0. The number of anilines is 2. The zero-order valence-electron chi connectivity index (χ0n) is 17.2. The van der Waals surface area contributed by atoms with Crippen molar-refractivity contribution in [1.29, 1.82) is 0 Å². The summed E-state index contributed by atoms with van der Waals surface area (Å²) in [6.45, 7) is 5.87. The zero-order valence-corrected chi connectivity index (χ0v) is 17.2. The first-order chi connectivity index (χ1) is 14.2. The van der Waals surface area contributed by atoms with E-state index in [1.165, 1.54) is 0 Å². The van der Waals surface area contributed by atoms with Crippen LogP contribution in [0.1, 0.15) is 25.0 Å². The molecular weight excluding hydrogens is 388 g/mol. The molecule has 2 atom stereocenters. The second-order valence-corrected chi connectivity index (χ2v) is 6.78. The van der Waals surface area contributed by atoms with Gasteiger partial charge in [-0.05, 0) is 49.2 Å². The highest BCUT2D eigenvalue weighted by atomic mass is 16.6. The minimum Gasteiger partial charge on any atom is -0.448 e. The molecule has 0 saturated carbocycles. The molecule has 2 aromatic rings. The maximum absolute atomic E-state index is 12.8. The minimum atomic E-state index is -1.68. The van der Waals surface area contributed by atoms with Crippen LogP contribution in [-0.2, 0) is 28.7 Å². The van der Waals surface area contributed by atoms with Crippen molar-refractivity contribution in [2.75, 3.05) is 10.6 Å². The average Bonchev–Trinajstić information content (AvgIpc) is 2.64. The Bertz CT molecular complexity index is 879. The normalized spacial score (nSPS) is 12.3. The number of hydrogen-bond acceptors (Lipinski definition) is 6. The molecule has 0 radical (unpaired) electrons. The molecule has 0 aliphatic heterocycles. The van der Waals surface area contributed by atoms with Crippen molar-refractivity contribution >= 4 is 35.1 Å². The molecule has 8 heteroatoms. The maximum atomic E-state index is 12.8. The van der Waals surface area contributed by atoms with Crippen LogP contribution in [0.15, 0.2) is 48.5 Å². The number of benzene rings is 2. The lowest BCUT2D eigenvalue weighted by Crippen LogP contribution is -2.49. The third kappa shape index (κ3) is 6.73. The molecule has 0 fully saturated rings. The summed E-state index contributed by atoms with van der Waals surface area (Å²) in [5.41, 5.74) is 2.67. The fourth-order valence-corrected chi connectivity index (χ4v) is 2.74. The molecule has 158 valence electrons. The largest absolute Gasteiger partial charge is 0.448 e. The van der Waals surface area contributed by atoms with Gasteiger partial charge in [-0.25, -0.2) is 0 Å². The molecule has 0 aliphatic carbocycles. The monoisotopic (exact) mass is 412 g/mol. The second-order valence-electron chi connectivity index (χ2n) is 6.78. The topological polar surface area (TPSA) is 111 Å². The van der Waals surface area contributed by atoms with Crippen molar-refractivity contribution in [3.63, 3.8) is 0 Å². The second kappa shape index (κ2) is 10.2. The highest BCUT2D eigenvalue weighted by molar-refractivity contribution is 6.03. The van der Waals surface area contributed by atoms with Crippen molar-refractivity contribution < 1.29 is 28.7 Å². The van der Waals surface area contributed by atoms with Crippen LogP contribution in [0.2, 0.25) is 0 Å². The van der Waals surface area contributed by atoms with Gasteiger partial charge in [0.1, 0.15) is 0 Å². The Morgan fingerprint density at radius 1 is 0.700 bits per heavy atom. The lowest BCUT2D eigenvalue weighted by molar-refractivity contribution is -0.171. The van der Waals surface area contributed by atoms with Gasteiger partial charge < -0.3 is 20.1 Å². The van der Waals surface area contributed by atoms with Gasteiger partial charge in [0.25, 0.3) is 11.8 Å². The van der Waals surface area contributed by atoms with Gasteiger partial charge >= 0.3 is 11.9 Å². The molecule has 0 aliphatic rings. The van der Waals surface area contributed by atoms with E-state index in [1.54, 1.807) is 36.4 Å². The Kier molecular flexibility index (Phi) is 7.69. The Labute approximate surface area is 174 Å². The van der Waals surface area contributed by atoms with E-state index in [4.69, 9.17) is 9.47 Å². The van der Waals surface area contributed by atoms with Gasteiger partial charge in [-0.15, -0.1) is 0 Å². The summed E-state index contributed by atoms with van der Waals surface area (Å²) in [6, 6.07) is 13.9. The van der Waals surface area contributed by atoms with Crippen molar-refractivity contribution in [3.8, 4) is 0 Å². The summed E-state index contributed by atoms with van der Waals surface area (Å²) in [5.74, 6) is -3.22. The van der Waals surface area contributed by atoms with E-state index < -0.39 is 36.0 Å². The lowest BCUT2D eigenvalue weighted by Gasteiger charge is -2.25. The van der Waals surface area contributed by atoms with Crippen LogP contribution >= 0.6 is 0 Å².